The van der Waals surface area contributed by atoms with Crippen LogP contribution in [0.3, 0.4) is 0 Å². The molecular weight excluding hydrogens is 601 g/mol. The molecule has 1 aromatic carbocycles. The molecule has 12 heteroatoms. The number of aromatic nitrogens is 3. The van der Waals surface area contributed by atoms with Gasteiger partial charge in [-0.25, -0.2) is 14.8 Å². The van der Waals surface area contributed by atoms with Crippen molar-refractivity contribution in [2.45, 2.75) is 70.5 Å². The summed E-state index contributed by atoms with van der Waals surface area (Å²) in [5.74, 6) is -1.57. The molecule has 3 aliphatic rings. The molecule has 248 valence electrons. The SMILES string of the molecule is CC1CC2CC(C)C(NC(=O)c3cnc(-c4cn(C)c5cc(OCCC6CCOCC6)ccc45)nc3C(F)(F)F)(C(=O)O)C(C1)C2. The summed E-state index contributed by atoms with van der Waals surface area (Å²) in [4.78, 5) is 34.5. The summed E-state index contributed by atoms with van der Waals surface area (Å²) in [7, 11) is 1.78. The van der Waals surface area contributed by atoms with Gasteiger partial charge in [0.2, 0.25) is 0 Å². The van der Waals surface area contributed by atoms with Crippen molar-refractivity contribution < 1.29 is 37.3 Å². The monoisotopic (exact) mass is 642 g/mol. The number of alkyl halides is 3. The number of hydrogen-bond donors (Lipinski definition) is 2. The molecule has 0 radical (unpaired) electrons. The van der Waals surface area contributed by atoms with E-state index in [2.05, 4.69) is 15.3 Å². The summed E-state index contributed by atoms with van der Waals surface area (Å²) < 4.78 is 56.6. The fraction of sp³-hybridized carbons (Fsp3) is 0.588. The first-order valence-corrected chi connectivity index (χ1v) is 16.2. The number of fused-ring (bicyclic) bond motifs is 3. The zero-order chi connectivity index (χ0) is 32.8. The van der Waals surface area contributed by atoms with E-state index in [0.29, 0.717) is 54.4 Å². The standard InChI is InChI=1S/C34H41F3N4O5/c1-19-12-22-14-20(2)33(32(43)44,23(13-19)15-22)40-31(42)26-17-38-30(39-29(26)34(35,36)37)27-18-41(3)28-16-24(4-5-25(27)28)46-11-8-21-6-9-45-10-7-21/h4-5,16-23H,6-15H2,1-3H3,(H,40,42)(H,43,44). The van der Waals surface area contributed by atoms with Gasteiger partial charge >= 0.3 is 12.1 Å². The van der Waals surface area contributed by atoms with Crippen molar-refractivity contribution in [3.8, 4) is 17.1 Å². The number of ether oxygens (including phenoxy) is 2. The summed E-state index contributed by atoms with van der Waals surface area (Å²) in [6, 6.07) is 5.38. The first-order chi connectivity index (χ1) is 21.9. The van der Waals surface area contributed by atoms with Gasteiger partial charge in [-0.3, -0.25) is 4.79 Å². The third-order valence-electron chi connectivity index (χ3n) is 10.5. The minimum absolute atomic E-state index is 0.189. The van der Waals surface area contributed by atoms with Crippen LogP contribution in [0.4, 0.5) is 13.2 Å². The van der Waals surface area contributed by atoms with E-state index in [0.717, 1.165) is 50.6 Å². The molecule has 2 aliphatic carbocycles. The van der Waals surface area contributed by atoms with Crippen molar-refractivity contribution in [2.75, 3.05) is 19.8 Å². The average Bonchev–Trinajstić information content (AvgIpc) is 3.34. The summed E-state index contributed by atoms with van der Waals surface area (Å²) in [5.41, 5.74) is -2.78. The second-order valence-corrected chi connectivity index (χ2v) is 13.6. The topological polar surface area (TPSA) is 116 Å². The van der Waals surface area contributed by atoms with Gasteiger partial charge in [0.15, 0.2) is 11.5 Å². The average molecular weight is 643 g/mol. The van der Waals surface area contributed by atoms with E-state index in [-0.39, 0.29) is 17.7 Å². The normalized spacial score (nSPS) is 27.0. The number of nitrogens with one attached hydrogen (secondary N) is 1. The lowest BCUT2D eigenvalue weighted by molar-refractivity contribution is -0.155. The minimum atomic E-state index is -4.99. The Morgan fingerprint density at radius 3 is 2.63 bits per heavy atom. The number of carboxylic acids is 1. The summed E-state index contributed by atoms with van der Waals surface area (Å²) >= 11 is 0. The van der Waals surface area contributed by atoms with E-state index in [9.17, 15) is 27.9 Å². The van der Waals surface area contributed by atoms with Gasteiger partial charge in [-0.15, -0.1) is 0 Å². The molecule has 9 nitrogen and oxygen atoms in total. The largest absolute Gasteiger partial charge is 0.494 e. The van der Waals surface area contributed by atoms with Crippen LogP contribution in [-0.2, 0) is 22.8 Å². The molecular formula is C34H41F3N4O5. The number of rotatable bonds is 8. The maximum atomic E-state index is 14.5. The number of aryl methyl sites for hydroxylation is 1. The molecule has 5 atom stereocenters. The summed E-state index contributed by atoms with van der Waals surface area (Å²) in [6.07, 6.45) is 3.24. The van der Waals surface area contributed by atoms with Crippen LogP contribution in [0.15, 0.2) is 30.6 Å². The molecule has 3 heterocycles. The van der Waals surface area contributed by atoms with Crippen LogP contribution in [0.5, 0.6) is 5.75 Å². The number of carbonyl (C=O) groups excluding carboxylic acids is 1. The molecule has 46 heavy (non-hydrogen) atoms. The fourth-order valence-electron chi connectivity index (χ4n) is 8.22. The molecule has 2 saturated carbocycles. The highest BCUT2D eigenvalue weighted by Crippen LogP contribution is 2.50. The third kappa shape index (κ3) is 6.08. The smallest absolute Gasteiger partial charge is 0.434 e. The molecule has 1 amide bonds. The Balaban J connectivity index is 1.27. The molecule has 6 rings (SSSR count). The Labute approximate surface area is 265 Å². The highest BCUT2D eigenvalue weighted by molar-refractivity contribution is 6.00. The van der Waals surface area contributed by atoms with Crippen LogP contribution >= 0.6 is 0 Å². The van der Waals surface area contributed by atoms with Crippen molar-refractivity contribution in [1.29, 1.82) is 0 Å². The molecule has 3 fully saturated rings. The Bertz CT molecular complexity index is 1610. The lowest BCUT2D eigenvalue weighted by Crippen LogP contribution is -2.66. The quantitative estimate of drug-likeness (QED) is 0.289. The molecule has 5 unspecified atom stereocenters. The van der Waals surface area contributed by atoms with Gasteiger partial charge in [-0.1, -0.05) is 13.8 Å². The van der Waals surface area contributed by atoms with E-state index in [1.165, 1.54) is 0 Å². The van der Waals surface area contributed by atoms with Crippen LogP contribution in [0.2, 0.25) is 0 Å². The zero-order valence-electron chi connectivity index (χ0n) is 26.4. The number of amides is 1. The lowest BCUT2D eigenvalue weighted by atomic mass is 9.56. The number of benzene rings is 1. The Kier molecular flexibility index (Phi) is 8.77. The first-order valence-electron chi connectivity index (χ1n) is 16.2. The van der Waals surface area contributed by atoms with Crippen LogP contribution < -0.4 is 10.1 Å². The number of carbonyl (C=O) groups is 2. The number of hydrogen-bond acceptors (Lipinski definition) is 6. The summed E-state index contributed by atoms with van der Waals surface area (Å²) in [6.45, 7) is 5.91. The predicted octanol–water partition coefficient (Wildman–Crippen LogP) is 6.50. The van der Waals surface area contributed by atoms with Gasteiger partial charge < -0.3 is 24.5 Å². The van der Waals surface area contributed by atoms with Crippen molar-refractivity contribution in [2.24, 2.45) is 36.6 Å². The van der Waals surface area contributed by atoms with Crippen molar-refractivity contribution >= 4 is 22.8 Å². The Hall–Kier alpha value is -3.67. The second-order valence-electron chi connectivity index (χ2n) is 13.6. The van der Waals surface area contributed by atoms with Crippen molar-refractivity contribution in [1.82, 2.24) is 19.9 Å². The molecule has 2 N–H and O–H groups in total. The van der Waals surface area contributed by atoms with Crippen LogP contribution in [0, 0.1) is 29.6 Å². The van der Waals surface area contributed by atoms with E-state index in [1.807, 2.05) is 13.0 Å². The second kappa shape index (κ2) is 12.5. The van der Waals surface area contributed by atoms with Gasteiger partial charge in [0.25, 0.3) is 5.91 Å². The molecule has 1 aliphatic heterocycles. The first kappa shape index (κ1) is 32.3. The Morgan fingerprint density at radius 2 is 1.91 bits per heavy atom. The lowest BCUT2D eigenvalue weighted by Gasteiger charge is -2.52. The molecule has 2 bridgehead atoms. The van der Waals surface area contributed by atoms with Crippen LogP contribution in [0.1, 0.15) is 74.8 Å². The van der Waals surface area contributed by atoms with E-state index < -0.39 is 40.8 Å². The van der Waals surface area contributed by atoms with Crippen LogP contribution in [0.25, 0.3) is 22.3 Å². The third-order valence-corrected chi connectivity index (χ3v) is 10.5. The highest BCUT2D eigenvalue weighted by atomic mass is 19.4. The number of nitrogens with zero attached hydrogens (tertiary/aromatic N) is 3. The molecule has 2 aromatic heterocycles. The molecule has 3 aromatic rings. The minimum Gasteiger partial charge on any atom is -0.494 e. The van der Waals surface area contributed by atoms with Crippen molar-refractivity contribution in [3.05, 3.63) is 41.9 Å². The fourth-order valence-corrected chi connectivity index (χ4v) is 8.22. The maximum Gasteiger partial charge on any atom is 0.434 e. The summed E-state index contributed by atoms with van der Waals surface area (Å²) in [5, 5.41) is 13.6. The van der Waals surface area contributed by atoms with Crippen LogP contribution in [-0.4, -0.2) is 56.9 Å². The predicted molar refractivity (Wildman–Crippen MR) is 164 cm³/mol. The van der Waals surface area contributed by atoms with Crippen molar-refractivity contribution in [3.63, 3.8) is 0 Å². The van der Waals surface area contributed by atoms with Gasteiger partial charge in [0.05, 0.1) is 17.7 Å². The number of halogens is 3. The zero-order valence-corrected chi connectivity index (χ0v) is 26.4. The molecule has 1 saturated heterocycles. The van der Waals surface area contributed by atoms with E-state index in [1.54, 1.807) is 36.9 Å². The maximum absolute atomic E-state index is 14.5. The van der Waals surface area contributed by atoms with Gasteiger partial charge in [-0.05, 0) is 86.7 Å². The highest BCUT2D eigenvalue weighted by Gasteiger charge is 2.57. The van der Waals surface area contributed by atoms with E-state index >= 15 is 0 Å². The number of carboxylic acid groups (broad SMARTS) is 1. The van der Waals surface area contributed by atoms with Gasteiger partial charge in [-0.2, -0.15) is 13.2 Å². The Morgan fingerprint density at radius 1 is 1.15 bits per heavy atom. The van der Waals surface area contributed by atoms with Gasteiger partial charge in [0, 0.05) is 49.7 Å². The number of aliphatic carboxylic acids is 1. The van der Waals surface area contributed by atoms with Gasteiger partial charge in [0.1, 0.15) is 11.3 Å². The molecule has 0 spiro atoms. The van der Waals surface area contributed by atoms with E-state index in [4.69, 9.17) is 9.47 Å².